The zero-order valence-electron chi connectivity index (χ0n) is 14.0. The molecule has 7 nitrogen and oxygen atoms in total. The predicted molar refractivity (Wildman–Crippen MR) is 89.6 cm³/mol. The van der Waals surface area contributed by atoms with Crippen LogP contribution in [0, 0.1) is 5.82 Å². The van der Waals surface area contributed by atoms with Crippen LogP contribution in [0.4, 0.5) is 4.39 Å². The maximum absolute atomic E-state index is 13.0. The number of amides is 2. The SMILES string of the molecule is CCCNC(=O)CNC(=O)[C@H]1CCCN1S(=O)(=O)c1ccc(F)cc1. The maximum atomic E-state index is 13.0. The Balaban J connectivity index is 2.05. The lowest BCUT2D eigenvalue weighted by molar-refractivity contribution is -0.128. The number of sulfonamides is 1. The molecule has 1 saturated heterocycles. The van der Waals surface area contributed by atoms with Crippen molar-refractivity contribution in [2.24, 2.45) is 0 Å². The van der Waals surface area contributed by atoms with Gasteiger partial charge >= 0.3 is 0 Å². The van der Waals surface area contributed by atoms with Crippen molar-refractivity contribution in [3.8, 4) is 0 Å². The molecular formula is C16H22FN3O4S. The number of rotatable bonds is 7. The van der Waals surface area contributed by atoms with Crippen LogP contribution in [0.5, 0.6) is 0 Å². The summed E-state index contributed by atoms with van der Waals surface area (Å²) in [6, 6.07) is 3.62. The van der Waals surface area contributed by atoms with Crippen molar-refractivity contribution in [2.45, 2.75) is 37.1 Å². The van der Waals surface area contributed by atoms with E-state index >= 15 is 0 Å². The van der Waals surface area contributed by atoms with Gasteiger partial charge in [-0.05, 0) is 43.5 Å². The highest BCUT2D eigenvalue weighted by Gasteiger charge is 2.39. The van der Waals surface area contributed by atoms with Crippen LogP contribution >= 0.6 is 0 Å². The lowest BCUT2D eigenvalue weighted by Gasteiger charge is -2.23. The molecule has 2 amide bonds. The third kappa shape index (κ3) is 4.76. The van der Waals surface area contributed by atoms with Crippen LogP contribution in [0.15, 0.2) is 29.2 Å². The summed E-state index contributed by atoms with van der Waals surface area (Å²) in [4.78, 5) is 23.8. The van der Waals surface area contributed by atoms with Crippen molar-refractivity contribution in [1.29, 1.82) is 0 Å². The average molecular weight is 371 g/mol. The zero-order chi connectivity index (χ0) is 18.4. The van der Waals surface area contributed by atoms with Gasteiger partial charge in [0.05, 0.1) is 11.4 Å². The molecule has 0 bridgehead atoms. The predicted octanol–water partition coefficient (Wildman–Crippen LogP) is 0.621. The second-order valence-corrected chi connectivity index (χ2v) is 7.69. The van der Waals surface area contributed by atoms with Gasteiger partial charge in [-0.15, -0.1) is 0 Å². The summed E-state index contributed by atoms with van der Waals surface area (Å²) in [5, 5.41) is 5.11. The molecule has 1 aromatic rings. The third-order valence-electron chi connectivity index (χ3n) is 3.92. The second-order valence-electron chi connectivity index (χ2n) is 5.80. The first kappa shape index (κ1) is 19.3. The number of benzene rings is 1. The highest BCUT2D eigenvalue weighted by Crippen LogP contribution is 2.26. The molecule has 1 aromatic carbocycles. The fourth-order valence-electron chi connectivity index (χ4n) is 2.64. The van der Waals surface area contributed by atoms with Crippen LogP contribution < -0.4 is 10.6 Å². The van der Waals surface area contributed by atoms with Gasteiger partial charge in [0.25, 0.3) is 0 Å². The Bertz CT molecular complexity index is 721. The Morgan fingerprint density at radius 3 is 2.56 bits per heavy atom. The molecule has 0 radical (unpaired) electrons. The molecule has 1 aliphatic rings. The molecule has 0 unspecified atom stereocenters. The average Bonchev–Trinajstić information content (AvgIpc) is 3.09. The third-order valence-corrected chi connectivity index (χ3v) is 5.84. The number of nitrogens with zero attached hydrogens (tertiary/aromatic N) is 1. The van der Waals surface area contributed by atoms with E-state index in [1.165, 1.54) is 12.1 Å². The molecule has 1 fully saturated rings. The second kappa shape index (κ2) is 8.39. The van der Waals surface area contributed by atoms with Crippen molar-refractivity contribution in [2.75, 3.05) is 19.6 Å². The molecule has 2 N–H and O–H groups in total. The van der Waals surface area contributed by atoms with Gasteiger partial charge < -0.3 is 10.6 Å². The van der Waals surface area contributed by atoms with Crippen LogP contribution in [-0.2, 0) is 19.6 Å². The van der Waals surface area contributed by atoms with E-state index < -0.39 is 27.8 Å². The lowest BCUT2D eigenvalue weighted by atomic mass is 10.2. The molecule has 0 aliphatic carbocycles. The van der Waals surface area contributed by atoms with E-state index in [2.05, 4.69) is 10.6 Å². The standard InChI is InChI=1S/C16H22FN3O4S/c1-2-9-18-15(21)11-19-16(22)14-4-3-10-20(14)25(23,24)13-7-5-12(17)6-8-13/h5-8,14H,2-4,9-11H2,1H3,(H,18,21)(H,19,22)/t14-/m1/s1. The molecular weight excluding hydrogens is 349 g/mol. The summed E-state index contributed by atoms with van der Waals surface area (Å²) in [5.74, 6) is -1.36. The van der Waals surface area contributed by atoms with Gasteiger partial charge in [-0.3, -0.25) is 9.59 Å². The molecule has 25 heavy (non-hydrogen) atoms. The van der Waals surface area contributed by atoms with E-state index in [-0.39, 0.29) is 23.9 Å². The van der Waals surface area contributed by atoms with E-state index in [1.807, 2.05) is 6.92 Å². The van der Waals surface area contributed by atoms with E-state index in [1.54, 1.807) is 0 Å². The number of carbonyl (C=O) groups excluding carboxylic acids is 2. The number of carbonyl (C=O) groups is 2. The smallest absolute Gasteiger partial charge is 0.243 e. The summed E-state index contributed by atoms with van der Waals surface area (Å²) in [6.45, 7) is 2.44. The van der Waals surface area contributed by atoms with E-state index in [9.17, 15) is 22.4 Å². The van der Waals surface area contributed by atoms with E-state index in [4.69, 9.17) is 0 Å². The molecule has 1 aliphatic heterocycles. The monoisotopic (exact) mass is 371 g/mol. The molecule has 0 spiro atoms. The topological polar surface area (TPSA) is 95.6 Å². The lowest BCUT2D eigenvalue weighted by Crippen LogP contribution is -2.48. The largest absolute Gasteiger partial charge is 0.355 e. The van der Waals surface area contributed by atoms with E-state index in [0.717, 1.165) is 22.9 Å². The van der Waals surface area contributed by atoms with Gasteiger partial charge in [-0.1, -0.05) is 6.92 Å². The fourth-order valence-corrected chi connectivity index (χ4v) is 4.30. The Hall–Kier alpha value is -2.00. The molecule has 0 saturated carbocycles. The van der Waals surface area contributed by atoms with Gasteiger partial charge in [-0.2, -0.15) is 4.31 Å². The van der Waals surface area contributed by atoms with Gasteiger partial charge in [0, 0.05) is 13.1 Å². The summed E-state index contributed by atoms with van der Waals surface area (Å²) in [7, 11) is -3.90. The summed E-state index contributed by atoms with van der Waals surface area (Å²) in [6.07, 6.45) is 1.70. The number of nitrogens with one attached hydrogen (secondary N) is 2. The Morgan fingerprint density at radius 2 is 1.92 bits per heavy atom. The Kier molecular flexibility index (Phi) is 6.49. The van der Waals surface area contributed by atoms with Crippen LogP contribution in [0.2, 0.25) is 0 Å². The van der Waals surface area contributed by atoms with Crippen molar-refractivity contribution < 1.29 is 22.4 Å². The molecule has 0 aromatic heterocycles. The molecule has 9 heteroatoms. The van der Waals surface area contributed by atoms with Gasteiger partial charge in [0.2, 0.25) is 21.8 Å². The van der Waals surface area contributed by atoms with Crippen molar-refractivity contribution in [1.82, 2.24) is 14.9 Å². The Morgan fingerprint density at radius 1 is 1.24 bits per heavy atom. The normalized spacial score (nSPS) is 18.1. The molecule has 2 rings (SSSR count). The minimum atomic E-state index is -3.90. The number of hydrogen-bond acceptors (Lipinski definition) is 4. The maximum Gasteiger partial charge on any atom is 0.243 e. The van der Waals surface area contributed by atoms with Gasteiger partial charge in [-0.25, -0.2) is 12.8 Å². The molecule has 1 atom stereocenters. The number of halogens is 1. The van der Waals surface area contributed by atoms with Gasteiger partial charge in [0.15, 0.2) is 0 Å². The highest BCUT2D eigenvalue weighted by atomic mass is 32.2. The molecule has 138 valence electrons. The van der Waals surface area contributed by atoms with Crippen LogP contribution in [0.25, 0.3) is 0 Å². The first-order chi connectivity index (χ1) is 11.9. The van der Waals surface area contributed by atoms with Crippen molar-refractivity contribution in [3.05, 3.63) is 30.1 Å². The van der Waals surface area contributed by atoms with Crippen LogP contribution in [-0.4, -0.2) is 50.2 Å². The quantitative estimate of drug-likeness (QED) is 0.735. The fraction of sp³-hybridized carbons (Fsp3) is 0.500. The van der Waals surface area contributed by atoms with Crippen LogP contribution in [0.1, 0.15) is 26.2 Å². The summed E-state index contributed by atoms with van der Waals surface area (Å²) in [5.41, 5.74) is 0. The van der Waals surface area contributed by atoms with Gasteiger partial charge in [0.1, 0.15) is 11.9 Å². The van der Waals surface area contributed by atoms with Crippen molar-refractivity contribution >= 4 is 21.8 Å². The zero-order valence-corrected chi connectivity index (χ0v) is 14.8. The Labute approximate surface area is 146 Å². The van der Waals surface area contributed by atoms with E-state index in [0.29, 0.717) is 19.4 Å². The summed E-state index contributed by atoms with van der Waals surface area (Å²) < 4.78 is 39.5. The number of hydrogen-bond donors (Lipinski definition) is 2. The highest BCUT2D eigenvalue weighted by molar-refractivity contribution is 7.89. The summed E-state index contributed by atoms with van der Waals surface area (Å²) >= 11 is 0. The first-order valence-electron chi connectivity index (χ1n) is 8.18. The minimum Gasteiger partial charge on any atom is -0.355 e. The van der Waals surface area contributed by atoms with Crippen LogP contribution in [0.3, 0.4) is 0 Å². The minimum absolute atomic E-state index is 0.0608. The van der Waals surface area contributed by atoms with Crippen molar-refractivity contribution in [3.63, 3.8) is 0 Å². The first-order valence-corrected chi connectivity index (χ1v) is 9.62. The molecule has 1 heterocycles.